The maximum Gasteiger partial charge on any atom is 0.221 e. The molecular weight excluding hydrogens is 222 g/mol. The van der Waals surface area contributed by atoms with Gasteiger partial charge in [-0.1, -0.05) is 29.8 Å². The van der Waals surface area contributed by atoms with Gasteiger partial charge in [-0.05, 0) is 41.0 Å². The molecule has 2 rings (SSSR count). The molecule has 3 heteroatoms. The number of benzene rings is 2. The highest BCUT2D eigenvalue weighted by Crippen LogP contribution is 2.23. The Labute approximate surface area is 99.0 Å². The average Bonchev–Trinajstić information content (AvgIpc) is 2.19. The molecule has 82 valence electrons. The topological polar surface area (TPSA) is 43.1 Å². The highest BCUT2D eigenvalue weighted by Gasteiger charge is 2.05. The maximum atomic E-state index is 10.9. The van der Waals surface area contributed by atoms with Gasteiger partial charge >= 0.3 is 0 Å². The second-order valence-corrected chi connectivity index (χ2v) is 4.35. The smallest absolute Gasteiger partial charge is 0.221 e. The number of halogens is 1. The molecule has 0 aliphatic carbocycles. The summed E-state index contributed by atoms with van der Waals surface area (Å²) in [4.78, 5) is 10.9. The molecule has 2 aromatic rings. The minimum atomic E-state index is -0.315. The minimum Gasteiger partial charge on any atom is -0.369 e. The summed E-state index contributed by atoms with van der Waals surface area (Å²) in [5.41, 5.74) is 7.24. The number of nitrogens with two attached hydrogens (primary N) is 1. The molecule has 0 bridgehead atoms. The molecule has 0 fully saturated rings. The average molecular weight is 234 g/mol. The fraction of sp³-hybridized carbons (Fsp3) is 0.154. The molecule has 16 heavy (non-hydrogen) atoms. The Kier molecular flexibility index (Phi) is 2.84. The van der Waals surface area contributed by atoms with Gasteiger partial charge in [0.1, 0.15) is 0 Å². The van der Waals surface area contributed by atoms with Crippen LogP contribution in [0, 0.1) is 6.92 Å². The van der Waals surface area contributed by atoms with Crippen LogP contribution in [0.5, 0.6) is 0 Å². The van der Waals surface area contributed by atoms with Crippen molar-refractivity contribution in [3.05, 3.63) is 46.5 Å². The molecule has 0 saturated carbocycles. The van der Waals surface area contributed by atoms with Gasteiger partial charge in [-0.15, -0.1) is 0 Å². The van der Waals surface area contributed by atoms with Crippen LogP contribution >= 0.6 is 11.6 Å². The van der Waals surface area contributed by atoms with Crippen LogP contribution in [0.25, 0.3) is 10.8 Å². The summed E-state index contributed by atoms with van der Waals surface area (Å²) in [5.74, 6) is -0.315. The second kappa shape index (κ2) is 4.14. The van der Waals surface area contributed by atoms with E-state index >= 15 is 0 Å². The standard InChI is InChI=1S/C13H12ClNO/c1-8-4-9-2-3-12(14)6-11(9)5-10(8)7-13(15)16/h2-6H,7H2,1H3,(H2,15,16). The number of aryl methyl sites for hydroxylation is 1. The molecular formula is C13H12ClNO. The Bertz CT molecular complexity index is 563. The Morgan fingerprint density at radius 1 is 1.25 bits per heavy atom. The number of carbonyl (C=O) groups excluding carboxylic acids is 1. The molecule has 0 unspecified atom stereocenters. The summed E-state index contributed by atoms with van der Waals surface area (Å²) in [6.07, 6.45) is 0.272. The lowest BCUT2D eigenvalue weighted by molar-refractivity contribution is -0.117. The summed E-state index contributed by atoms with van der Waals surface area (Å²) >= 11 is 5.92. The number of fused-ring (bicyclic) bond motifs is 1. The van der Waals surface area contributed by atoms with E-state index in [0.717, 1.165) is 21.9 Å². The van der Waals surface area contributed by atoms with Gasteiger partial charge in [0.25, 0.3) is 0 Å². The zero-order valence-electron chi connectivity index (χ0n) is 8.96. The predicted molar refractivity (Wildman–Crippen MR) is 66.6 cm³/mol. The van der Waals surface area contributed by atoms with Crippen molar-refractivity contribution >= 4 is 28.3 Å². The summed E-state index contributed by atoms with van der Waals surface area (Å²) < 4.78 is 0. The highest BCUT2D eigenvalue weighted by atomic mass is 35.5. The fourth-order valence-electron chi connectivity index (χ4n) is 1.81. The van der Waals surface area contributed by atoms with Crippen molar-refractivity contribution in [3.63, 3.8) is 0 Å². The van der Waals surface area contributed by atoms with Gasteiger partial charge in [0.05, 0.1) is 6.42 Å². The molecule has 2 aromatic carbocycles. The largest absolute Gasteiger partial charge is 0.369 e. The number of carbonyl (C=O) groups is 1. The quantitative estimate of drug-likeness (QED) is 0.852. The number of hydrogen-bond donors (Lipinski definition) is 1. The van der Waals surface area contributed by atoms with Gasteiger partial charge in [0.15, 0.2) is 0 Å². The highest BCUT2D eigenvalue weighted by molar-refractivity contribution is 6.31. The van der Waals surface area contributed by atoms with E-state index in [-0.39, 0.29) is 12.3 Å². The third-order valence-electron chi connectivity index (χ3n) is 2.62. The van der Waals surface area contributed by atoms with Crippen LogP contribution in [0.3, 0.4) is 0 Å². The summed E-state index contributed by atoms with van der Waals surface area (Å²) in [6.45, 7) is 1.98. The van der Waals surface area contributed by atoms with Gasteiger partial charge in [-0.25, -0.2) is 0 Å². The predicted octanol–water partition coefficient (Wildman–Crippen LogP) is 2.83. The molecule has 0 aliphatic heterocycles. The third kappa shape index (κ3) is 2.17. The van der Waals surface area contributed by atoms with E-state index in [2.05, 4.69) is 0 Å². The van der Waals surface area contributed by atoms with Crippen molar-refractivity contribution in [1.82, 2.24) is 0 Å². The summed E-state index contributed by atoms with van der Waals surface area (Å²) in [7, 11) is 0. The Morgan fingerprint density at radius 2 is 2.00 bits per heavy atom. The second-order valence-electron chi connectivity index (χ2n) is 3.91. The lowest BCUT2D eigenvalue weighted by Gasteiger charge is -2.06. The number of primary amides is 1. The zero-order valence-corrected chi connectivity index (χ0v) is 9.71. The van der Waals surface area contributed by atoms with Crippen molar-refractivity contribution in [3.8, 4) is 0 Å². The van der Waals surface area contributed by atoms with E-state index in [4.69, 9.17) is 17.3 Å². The molecule has 0 spiro atoms. The van der Waals surface area contributed by atoms with E-state index in [0.29, 0.717) is 5.02 Å². The first-order valence-electron chi connectivity index (χ1n) is 5.03. The fourth-order valence-corrected chi connectivity index (χ4v) is 1.99. The van der Waals surface area contributed by atoms with Crippen molar-refractivity contribution in [1.29, 1.82) is 0 Å². The van der Waals surface area contributed by atoms with E-state index in [1.54, 1.807) is 0 Å². The van der Waals surface area contributed by atoms with Gasteiger partial charge in [0.2, 0.25) is 5.91 Å². The van der Waals surface area contributed by atoms with Crippen molar-refractivity contribution in [2.45, 2.75) is 13.3 Å². The molecule has 0 heterocycles. The lowest BCUT2D eigenvalue weighted by Crippen LogP contribution is -2.14. The van der Waals surface area contributed by atoms with Crippen LogP contribution in [-0.4, -0.2) is 5.91 Å². The molecule has 1 amide bonds. The monoisotopic (exact) mass is 233 g/mol. The normalized spacial score (nSPS) is 10.6. The van der Waals surface area contributed by atoms with Gasteiger partial charge in [-0.3, -0.25) is 4.79 Å². The van der Waals surface area contributed by atoms with E-state index in [1.807, 2.05) is 37.3 Å². The van der Waals surface area contributed by atoms with Crippen LogP contribution in [0.1, 0.15) is 11.1 Å². The molecule has 2 nitrogen and oxygen atoms in total. The number of hydrogen-bond acceptors (Lipinski definition) is 1. The first-order chi connectivity index (χ1) is 7.56. The van der Waals surface area contributed by atoms with Crippen molar-refractivity contribution in [2.75, 3.05) is 0 Å². The molecule has 0 saturated heterocycles. The molecule has 0 atom stereocenters. The first kappa shape index (κ1) is 11.0. The third-order valence-corrected chi connectivity index (χ3v) is 2.86. The number of rotatable bonds is 2. The Hall–Kier alpha value is -1.54. The maximum absolute atomic E-state index is 10.9. The molecule has 2 N–H and O–H groups in total. The minimum absolute atomic E-state index is 0.272. The van der Waals surface area contributed by atoms with Crippen molar-refractivity contribution in [2.24, 2.45) is 5.73 Å². The zero-order chi connectivity index (χ0) is 11.7. The van der Waals surface area contributed by atoms with Gasteiger partial charge < -0.3 is 5.73 Å². The lowest BCUT2D eigenvalue weighted by atomic mass is 10.00. The van der Waals surface area contributed by atoms with Crippen LogP contribution in [0.4, 0.5) is 0 Å². The SMILES string of the molecule is Cc1cc2ccc(Cl)cc2cc1CC(N)=O. The number of amides is 1. The first-order valence-corrected chi connectivity index (χ1v) is 5.41. The molecule has 0 radical (unpaired) electrons. The van der Waals surface area contributed by atoms with Crippen LogP contribution < -0.4 is 5.73 Å². The van der Waals surface area contributed by atoms with Crippen LogP contribution in [0.2, 0.25) is 5.02 Å². The van der Waals surface area contributed by atoms with Crippen LogP contribution in [-0.2, 0) is 11.2 Å². The van der Waals surface area contributed by atoms with Crippen LogP contribution in [0.15, 0.2) is 30.3 Å². The van der Waals surface area contributed by atoms with E-state index < -0.39 is 0 Å². The Morgan fingerprint density at radius 3 is 2.69 bits per heavy atom. The molecule has 0 aromatic heterocycles. The molecule has 0 aliphatic rings. The van der Waals surface area contributed by atoms with Crippen molar-refractivity contribution < 1.29 is 4.79 Å². The van der Waals surface area contributed by atoms with Gasteiger partial charge in [-0.2, -0.15) is 0 Å². The van der Waals surface area contributed by atoms with E-state index in [9.17, 15) is 4.79 Å². The summed E-state index contributed by atoms with van der Waals surface area (Å²) in [6, 6.07) is 9.74. The van der Waals surface area contributed by atoms with E-state index in [1.165, 1.54) is 0 Å². The Balaban J connectivity index is 2.59. The van der Waals surface area contributed by atoms with Gasteiger partial charge in [0, 0.05) is 5.02 Å². The summed E-state index contributed by atoms with van der Waals surface area (Å²) in [5, 5.41) is 2.85.